The van der Waals surface area contributed by atoms with Crippen molar-refractivity contribution in [1.82, 2.24) is 20.1 Å². The van der Waals surface area contributed by atoms with Crippen molar-refractivity contribution in [2.24, 2.45) is 0 Å². The molecule has 1 aromatic rings. The van der Waals surface area contributed by atoms with Gasteiger partial charge in [-0.25, -0.2) is 9.67 Å². The minimum atomic E-state index is 0.668. The Kier molecular flexibility index (Phi) is 2.17. The van der Waals surface area contributed by atoms with Crippen molar-refractivity contribution in [3.63, 3.8) is 0 Å². The molecule has 1 heterocycles. The van der Waals surface area contributed by atoms with Crippen molar-refractivity contribution in [3.05, 3.63) is 18.7 Å². The van der Waals surface area contributed by atoms with Gasteiger partial charge in [0, 0.05) is 0 Å². The minimum Gasteiger partial charge on any atom is -0.301 e. The summed E-state index contributed by atoms with van der Waals surface area (Å²) in [5.74, 6) is 0.786. The number of nitrogens with zero attached hydrogens (tertiary/aromatic N) is 3. The number of hydrogen-bond donors (Lipinski definition) is 1. The van der Waals surface area contributed by atoms with Crippen molar-refractivity contribution in [1.29, 1.82) is 0 Å². The molecule has 0 spiro atoms. The van der Waals surface area contributed by atoms with Gasteiger partial charge in [0.1, 0.15) is 6.33 Å². The molecule has 10 heavy (non-hydrogen) atoms. The molecular formula is C6H10N4. The quantitative estimate of drug-likeness (QED) is 0.644. The van der Waals surface area contributed by atoms with Gasteiger partial charge >= 0.3 is 0 Å². The molecule has 0 aromatic carbocycles. The first-order valence-corrected chi connectivity index (χ1v) is 3.03. The highest BCUT2D eigenvalue weighted by Gasteiger charge is 1.95. The van der Waals surface area contributed by atoms with Crippen LogP contribution in [0.4, 0.5) is 0 Å². The lowest BCUT2D eigenvalue weighted by atomic mass is 10.6. The Bertz CT molecular complexity index is 215. The van der Waals surface area contributed by atoms with Crippen LogP contribution in [0.3, 0.4) is 0 Å². The molecule has 0 fully saturated rings. The number of aromatic nitrogens is 3. The summed E-state index contributed by atoms with van der Waals surface area (Å²) in [6.07, 6.45) is 3.18. The number of hydrogen-bond acceptors (Lipinski definition) is 3. The van der Waals surface area contributed by atoms with Gasteiger partial charge in [-0.3, -0.25) is 0 Å². The Hall–Kier alpha value is -1.16. The van der Waals surface area contributed by atoms with E-state index in [-0.39, 0.29) is 0 Å². The standard InChI is InChI=1S/C6H10N4/c1-3-6-8-4-9-10(6)5-7-2/h3-4,7H,1,5H2,2H3. The molecule has 0 aliphatic rings. The number of rotatable bonds is 3. The summed E-state index contributed by atoms with van der Waals surface area (Å²) in [6.45, 7) is 4.26. The molecule has 0 radical (unpaired) electrons. The van der Waals surface area contributed by atoms with E-state index < -0.39 is 0 Å². The molecule has 1 N–H and O–H groups in total. The monoisotopic (exact) mass is 138 g/mol. The highest BCUT2D eigenvalue weighted by molar-refractivity contribution is 5.35. The lowest BCUT2D eigenvalue weighted by molar-refractivity contribution is 0.550. The fourth-order valence-corrected chi connectivity index (χ4v) is 0.703. The smallest absolute Gasteiger partial charge is 0.151 e. The third kappa shape index (κ3) is 1.22. The van der Waals surface area contributed by atoms with E-state index in [2.05, 4.69) is 22.0 Å². The normalized spacial score (nSPS) is 9.70. The minimum absolute atomic E-state index is 0.668. The SMILES string of the molecule is C=Cc1ncnn1CNC. The van der Waals surface area contributed by atoms with E-state index in [1.54, 1.807) is 10.8 Å². The molecule has 0 unspecified atom stereocenters. The van der Waals surface area contributed by atoms with Crippen molar-refractivity contribution >= 4 is 6.08 Å². The third-order valence-electron chi connectivity index (χ3n) is 1.14. The zero-order valence-electron chi connectivity index (χ0n) is 5.91. The Morgan fingerprint density at radius 3 is 3.30 bits per heavy atom. The fraction of sp³-hybridized carbons (Fsp3) is 0.333. The highest BCUT2D eigenvalue weighted by Crippen LogP contribution is 1.92. The molecule has 0 amide bonds. The molecule has 4 nitrogen and oxygen atoms in total. The Morgan fingerprint density at radius 2 is 2.70 bits per heavy atom. The van der Waals surface area contributed by atoms with Crippen molar-refractivity contribution in [2.45, 2.75) is 6.67 Å². The molecule has 0 bridgehead atoms. The Labute approximate surface area is 59.6 Å². The van der Waals surface area contributed by atoms with Crippen LogP contribution in [-0.2, 0) is 6.67 Å². The predicted molar refractivity (Wildman–Crippen MR) is 39.2 cm³/mol. The zero-order valence-corrected chi connectivity index (χ0v) is 5.91. The van der Waals surface area contributed by atoms with Crippen LogP contribution < -0.4 is 5.32 Å². The summed E-state index contributed by atoms with van der Waals surface area (Å²) in [4.78, 5) is 3.95. The Balaban J connectivity index is 2.79. The first-order chi connectivity index (χ1) is 4.88. The molecule has 0 aliphatic carbocycles. The second-order valence-electron chi connectivity index (χ2n) is 1.83. The van der Waals surface area contributed by atoms with Crippen LogP contribution in [0.1, 0.15) is 5.82 Å². The molecular weight excluding hydrogens is 128 g/mol. The van der Waals surface area contributed by atoms with Gasteiger partial charge in [-0.2, -0.15) is 5.10 Å². The average Bonchev–Trinajstić information content (AvgIpc) is 2.36. The summed E-state index contributed by atoms with van der Waals surface area (Å²) in [5, 5.41) is 6.91. The average molecular weight is 138 g/mol. The van der Waals surface area contributed by atoms with Crippen LogP contribution in [0.15, 0.2) is 12.9 Å². The van der Waals surface area contributed by atoms with E-state index in [0.717, 1.165) is 5.82 Å². The lowest BCUT2D eigenvalue weighted by Crippen LogP contribution is -2.15. The molecule has 1 aromatic heterocycles. The molecule has 1 rings (SSSR count). The fourth-order valence-electron chi connectivity index (χ4n) is 0.703. The lowest BCUT2D eigenvalue weighted by Gasteiger charge is -1.99. The van der Waals surface area contributed by atoms with Gasteiger partial charge in [-0.05, 0) is 13.1 Å². The van der Waals surface area contributed by atoms with Gasteiger partial charge < -0.3 is 5.32 Å². The molecule has 4 heteroatoms. The predicted octanol–water partition coefficient (Wildman–Crippen LogP) is 0.0980. The van der Waals surface area contributed by atoms with E-state index in [1.165, 1.54) is 6.33 Å². The van der Waals surface area contributed by atoms with Crippen molar-refractivity contribution in [3.8, 4) is 0 Å². The maximum Gasteiger partial charge on any atom is 0.151 e. The van der Waals surface area contributed by atoms with Gasteiger partial charge in [0.2, 0.25) is 0 Å². The summed E-state index contributed by atoms with van der Waals surface area (Å²) in [7, 11) is 1.86. The molecule has 0 saturated carbocycles. The van der Waals surface area contributed by atoms with Gasteiger partial charge in [0.25, 0.3) is 0 Å². The maximum absolute atomic E-state index is 3.95. The van der Waals surface area contributed by atoms with E-state index in [9.17, 15) is 0 Å². The summed E-state index contributed by atoms with van der Waals surface area (Å²) >= 11 is 0. The van der Waals surface area contributed by atoms with E-state index in [1.807, 2.05) is 7.05 Å². The topological polar surface area (TPSA) is 42.7 Å². The highest BCUT2D eigenvalue weighted by atomic mass is 15.4. The second kappa shape index (κ2) is 3.12. The molecule has 0 aliphatic heterocycles. The first-order valence-electron chi connectivity index (χ1n) is 3.03. The van der Waals surface area contributed by atoms with Gasteiger partial charge in [-0.15, -0.1) is 0 Å². The zero-order chi connectivity index (χ0) is 7.40. The Morgan fingerprint density at radius 1 is 1.90 bits per heavy atom. The van der Waals surface area contributed by atoms with Crippen LogP contribution in [-0.4, -0.2) is 21.8 Å². The largest absolute Gasteiger partial charge is 0.301 e. The number of nitrogens with one attached hydrogen (secondary N) is 1. The van der Waals surface area contributed by atoms with Gasteiger partial charge in [0.15, 0.2) is 5.82 Å². The van der Waals surface area contributed by atoms with Crippen LogP contribution in [0.25, 0.3) is 6.08 Å². The maximum atomic E-state index is 3.95. The van der Waals surface area contributed by atoms with Crippen molar-refractivity contribution < 1.29 is 0 Å². The van der Waals surface area contributed by atoms with Crippen LogP contribution >= 0.6 is 0 Å². The second-order valence-corrected chi connectivity index (χ2v) is 1.83. The summed E-state index contributed by atoms with van der Waals surface area (Å²) in [6, 6.07) is 0. The van der Waals surface area contributed by atoms with Crippen LogP contribution in [0, 0.1) is 0 Å². The van der Waals surface area contributed by atoms with Crippen molar-refractivity contribution in [2.75, 3.05) is 7.05 Å². The molecule has 54 valence electrons. The van der Waals surface area contributed by atoms with Crippen LogP contribution in [0.2, 0.25) is 0 Å². The van der Waals surface area contributed by atoms with Crippen LogP contribution in [0.5, 0.6) is 0 Å². The molecule has 0 atom stereocenters. The summed E-state index contributed by atoms with van der Waals surface area (Å²) < 4.78 is 1.73. The first kappa shape index (κ1) is 6.95. The van der Waals surface area contributed by atoms with E-state index in [0.29, 0.717) is 6.67 Å². The van der Waals surface area contributed by atoms with E-state index in [4.69, 9.17) is 0 Å². The van der Waals surface area contributed by atoms with Gasteiger partial charge in [-0.1, -0.05) is 6.58 Å². The summed E-state index contributed by atoms with van der Waals surface area (Å²) in [5.41, 5.74) is 0. The van der Waals surface area contributed by atoms with E-state index >= 15 is 0 Å². The van der Waals surface area contributed by atoms with Gasteiger partial charge in [0.05, 0.1) is 6.67 Å². The third-order valence-corrected chi connectivity index (χ3v) is 1.14. The molecule has 0 saturated heterocycles.